The summed E-state index contributed by atoms with van der Waals surface area (Å²) >= 11 is 0. The van der Waals surface area contributed by atoms with Crippen molar-refractivity contribution in [3.05, 3.63) is 23.9 Å². The first-order valence-corrected chi connectivity index (χ1v) is 6.26. The third kappa shape index (κ3) is 4.03. The van der Waals surface area contributed by atoms with E-state index in [1.54, 1.807) is 0 Å². The van der Waals surface area contributed by atoms with E-state index in [9.17, 15) is 9.59 Å². The minimum absolute atomic E-state index is 0.0213. The Balaban J connectivity index is 1.85. The Hall–Kier alpha value is -1.95. The first-order valence-electron chi connectivity index (χ1n) is 6.26. The highest BCUT2D eigenvalue weighted by molar-refractivity contribution is 5.91. The molecule has 1 aromatic heterocycles. The first-order chi connectivity index (χ1) is 9.15. The molecule has 1 unspecified atom stereocenters. The predicted molar refractivity (Wildman–Crippen MR) is 68.0 cm³/mol. The minimum Gasteiger partial charge on any atom is -0.478 e. The van der Waals surface area contributed by atoms with Crippen LogP contribution in [-0.4, -0.2) is 34.7 Å². The standard InChI is InChI=1S/C13H16N2O4/c16-12(7-10-3-1-2-6-19-10)15-11-5-4-9(8-14-11)13(17)18/h4-5,8,10H,1-3,6-7H2,(H,17,18)(H,14,15,16). The van der Waals surface area contributed by atoms with Crippen LogP contribution >= 0.6 is 0 Å². The number of pyridine rings is 1. The molecule has 19 heavy (non-hydrogen) atoms. The van der Waals surface area contributed by atoms with Crippen molar-refractivity contribution in [1.29, 1.82) is 0 Å². The van der Waals surface area contributed by atoms with Crippen LogP contribution in [0.5, 0.6) is 0 Å². The number of carboxylic acids is 1. The molecule has 102 valence electrons. The lowest BCUT2D eigenvalue weighted by Gasteiger charge is -2.21. The van der Waals surface area contributed by atoms with Crippen molar-refractivity contribution in [3.8, 4) is 0 Å². The molecule has 1 aliphatic rings. The molecule has 0 aromatic carbocycles. The van der Waals surface area contributed by atoms with Gasteiger partial charge in [0.1, 0.15) is 5.82 Å². The highest BCUT2D eigenvalue weighted by Crippen LogP contribution is 2.16. The van der Waals surface area contributed by atoms with Crippen LogP contribution in [0.2, 0.25) is 0 Å². The number of aromatic carboxylic acids is 1. The molecule has 0 aliphatic carbocycles. The van der Waals surface area contributed by atoms with Crippen LogP contribution in [0.3, 0.4) is 0 Å². The largest absolute Gasteiger partial charge is 0.478 e. The van der Waals surface area contributed by atoms with Gasteiger partial charge in [0, 0.05) is 12.8 Å². The van der Waals surface area contributed by atoms with Crippen molar-refractivity contribution in [3.63, 3.8) is 0 Å². The number of rotatable bonds is 4. The Morgan fingerprint density at radius 2 is 2.26 bits per heavy atom. The zero-order chi connectivity index (χ0) is 13.7. The highest BCUT2D eigenvalue weighted by atomic mass is 16.5. The Labute approximate surface area is 110 Å². The van der Waals surface area contributed by atoms with E-state index < -0.39 is 5.97 Å². The Bertz CT molecular complexity index is 452. The number of anilines is 1. The van der Waals surface area contributed by atoms with E-state index in [2.05, 4.69) is 10.3 Å². The maximum absolute atomic E-state index is 11.8. The molecular formula is C13H16N2O4. The van der Waals surface area contributed by atoms with Crippen molar-refractivity contribution in [2.24, 2.45) is 0 Å². The number of nitrogens with one attached hydrogen (secondary N) is 1. The average molecular weight is 264 g/mol. The molecular weight excluding hydrogens is 248 g/mol. The first kappa shape index (κ1) is 13.5. The van der Waals surface area contributed by atoms with Gasteiger partial charge in [-0.2, -0.15) is 0 Å². The van der Waals surface area contributed by atoms with Crippen molar-refractivity contribution in [2.45, 2.75) is 31.8 Å². The number of hydrogen-bond acceptors (Lipinski definition) is 4. The number of ether oxygens (including phenoxy) is 1. The van der Waals surface area contributed by atoms with Gasteiger partial charge in [-0.1, -0.05) is 0 Å². The van der Waals surface area contributed by atoms with Gasteiger partial charge in [-0.3, -0.25) is 4.79 Å². The van der Waals surface area contributed by atoms with Gasteiger partial charge in [0.2, 0.25) is 5.91 Å². The summed E-state index contributed by atoms with van der Waals surface area (Å²) in [5.41, 5.74) is 0.0913. The summed E-state index contributed by atoms with van der Waals surface area (Å²) in [5.74, 6) is -0.853. The van der Waals surface area contributed by atoms with Crippen LogP contribution in [-0.2, 0) is 9.53 Å². The number of carboxylic acid groups (broad SMARTS) is 1. The summed E-state index contributed by atoms with van der Waals surface area (Å²) in [6.07, 6.45) is 4.54. The van der Waals surface area contributed by atoms with E-state index >= 15 is 0 Å². The third-order valence-corrected chi connectivity index (χ3v) is 2.96. The summed E-state index contributed by atoms with van der Waals surface area (Å²) in [6, 6.07) is 2.88. The number of aromatic nitrogens is 1. The molecule has 6 heteroatoms. The fourth-order valence-electron chi connectivity index (χ4n) is 1.96. The van der Waals surface area contributed by atoms with Gasteiger partial charge in [0.25, 0.3) is 0 Å². The average Bonchev–Trinajstić information content (AvgIpc) is 2.40. The van der Waals surface area contributed by atoms with E-state index in [1.165, 1.54) is 18.3 Å². The SMILES string of the molecule is O=C(CC1CCCCO1)Nc1ccc(C(=O)O)cn1. The quantitative estimate of drug-likeness (QED) is 0.863. The third-order valence-electron chi connectivity index (χ3n) is 2.96. The molecule has 1 aliphatic heterocycles. The van der Waals surface area contributed by atoms with Crippen molar-refractivity contribution < 1.29 is 19.4 Å². The topological polar surface area (TPSA) is 88.5 Å². The second-order valence-corrected chi connectivity index (χ2v) is 4.48. The summed E-state index contributed by atoms with van der Waals surface area (Å²) in [4.78, 5) is 26.3. The van der Waals surface area contributed by atoms with Crippen LogP contribution < -0.4 is 5.32 Å². The molecule has 1 atom stereocenters. The molecule has 0 saturated carbocycles. The predicted octanol–water partition coefficient (Wildman–Crippen LogP) is 1.68. The number of nitrogens with zero attached hydrogens (tertiary/aromatic N) is 1. The van der Waals surface area contributed by atoms with E-state index in [4.69, 9.17) is 9.84 Å². The summed E-state index contributed by atoms with van der Waals surface area (Å²) in [5, 5.41) is 11.4. The second kappa shape index (κ2) is 6.29. The Morgan fingerprint density at radius 3 is 2.84 bits per heavy atom. The van der Waals surface area contributed by atoms with Crippen LogP contribution in [0.15, 0.2) is 18.3 Å². The van der Waals surface area contributed by atoms with Crippen LogP contribution in [0.25, 0.3) is 0 Å². The number of hydrogen-bond donors (Lipinski definition) is 2. The molecule has 0 bridgehead atoms. The smallest absolute Gasteiger partial charge is 0.337 e. The molecule has 0 spiro atoms. The monoisotopic (exact) mass is 264 g/mol. The normalized spacial score (nSPS) is 18.8. The van der Waals surface area contributed by atoms with E-state index in [1.807, 2.05) is 0 Å². The summed E-state index contributed by atoms with van der Waals surface area (Å²) in [6.45, 7) is 0.712. The van der Waals surface area contributed by atoms with Gasteiger partial charge in [0.15, 0.2) is 0 Å². The number of carbonyl (C=O) groups is 2. The summed E-state index contributed by atoms with van der Waals surface area (Å²) in [7, 11) is 0. The lowest BCUT2D eigenvalue weighted by molar-refractivity contribution is -0.119. The Morgan fingerprint density at radius 1 is 1.42 bits per heavy atom. The zero-order valence-electron chi connectivity index (χ0n) is 10.5. The number of amides is 1. The lowest BCUT2D eigenvalue weighted by Crippen LogP contribution is -2.25. The van der Waals surface area contributed by atoms with Gasteiger partial charge in [0.05, 0.1) is 18.1 Å². The number of carbonyl (C=O) groups excluding carboxylic acids is 1. The van der Waals surface area contributed by atoms with Crippen LogP contribution in [0.4, 0.5) is 5.82 Å². The van der Waals surface area contributed by atoms with Gasteiger partial charge in [-0.25, -0.2) is 9.78 Å². The summed E-state index contributed by atoms with van der Waals surface area (Å²) < 4.78 is 5.48. The van der Waals surface area contributed by atoms with E-state index in [0.29, 0.717) is 18.8 Å². The fraction of sp³-hybridized carbons (Fsp3) is 0.462. The molecule has 6 nitrogen and oxygen atoms in total. The molecule has 2 rings (SSSR count). The molecule has 1 aromatic rings. The van der Waals surface area contributed by atoms with Gasteiger partial charge in [-0.05, 0) is 31.4 Å². The highest BCUT2D eigenvalue weighted by Gasteiger charge is 2.17. The lowest BCUT2D eigenvalue weighted by atomic mass is 10.1. The van der Waals surface area contributed by atoms with E-state index in [-0.39, 0.29) is 17.6 Å². The second-order valence-electron chi connectivity index (χ2n) is 4.48. The molecule has 1 fully saturated rings. The van der Waals surface area contributed by atoms with Crippen molar-refractivity contribution >= 4 is 17.7 Å². The molecule has 1 saturated heterocycles. The van der Waals surface area contributed by atoms with Gasteiger partial charge >= 0.3 is 5.97 Å². The molecule has 2 heterocycles. The van der Waals surface area contributed by atoms with Crippen molar-refractivity contribution in [2.75, 3.05) is 11.9 Å². The van der Waals surface area contributed by atoms with E-state index in [0.717, 1.165) is 19.3 Å². The van der Waals surface area contributed by atoms with Crippen LogP contribution in [0.1, 0.15) is 36.0 Å². The Kier molecular flexibility index (Phi) is 4.46. The molecule has 1 amide bonds. The van der Waals surface area contributed by atoms with Gasteiger partial charge in [-0.15, -0.1) is 0 Å². The zero-order valence-corrected chi connectivity index (χ0v) is 10.5. The van der Waals surface area contributed by atoms with Crippen molar-refractivity contribution in [1.82, 2.24) is 4.98 Å². The molecule has 2 N–H and O–H groups in total. The maximum atomic E-state index is 11.8. The van der Waals surface area contributed by atoms with Gasteiger partial charge < -0.3 is 15.2 Å². The fourth-order valence-corrected chi connectivity index (χ4v) is 1.96. The minimum atomic E-state index is -1.04. The van der Waals surface area contributed by atoms with Crippen LogP contribution in [0, 0.1) is 0 Å². The maximum Gasteiger partial charge on any atom is 0.337 e. The molecule has 0 radical (unpaired) electrons.